The van der Waals surface area contributed by atoms with E-state index >= 15 is 0 Å². The highest BCUT2D eigenvalue weighted by Gasteiger charge is 2.22. The first kappa shape index (κ1) is 14.3. The van der Waals surface area contributed by atoms with Gasteiger partial charge in [0.25, 0.3) is 0 Å². The number of nitrogens with one attached hydrogen (secondary N) is 1. The molecule has 1 saturated heterocycles. The number of aromatic nitrogens is 2. The van der Waals surface area contributed by atoms with Gasteiger partial charge in [-0.2, -0.15) is 5.10 Å². The van der Waals surface area contributed by atoms with Gasteiger partial charge in [0.05, 0.1) is 12.7 Å². The van der Waals surface area contributed by atoms with Crippen LogP contribution in [0.3, 0.4) is 0 Å². The molecule has 0 amide bonds. The summed E-state index contributed by atoms with van der Waals surface area (Å²) in [5, 5.41) is 8.02. The molecule has 0 aliphatic carbocycles. The second-order valence-corrected chi connectivity index (χ2v) is 6.12. The lowest BCUT2D eigenvalue weighted by Crippen LogP contribution is -2.53. The van der Waals surface area contributed by atoms with Crippen molar-refractivity contribution in [2.75, 3.05) is 13.1 Å². The molecule has 0 spiro atoms. The third kappa shape index (κ3) is 3.71. The summed E-state index contributed by atoms with van der Waals surface area (Å²) in [6.45, 7) is 8.53. The van der Waals surface area contributed by atoms with Crippen molar-refractivity contribution >= 4 is 0 Å². The highest BCUT2D eigenvalue weighted by atomic mass is 15.3. The summed E-state index contributed by atoms with van der Waals surface area (Å²) >= 11 is 0. The first-order valence-corrected chi connectivity index (χ1v) is 7.73. The quantitative estimate of drug-likeness (QED) is 0.933. The summed E-state index contributed by atoms with van der Waals surface area (Å²) in [7, 11) is 0. The van der Waals surface area contributed by atoms with Crippen molar-refractivity contribution in [2.24, 2.45) is 0 Å². The minimum Gasteiger partial charge on any atom is -0.311 e. The van der Waals surface area contributed by atoms with Gasteiger partial charge in [0.1, 0.15) is 0 Å². The second-order valence-electron chi connectivity index (χ2n) is 6.12. The number of rotatable bonds is 4. The maximum Gasteiger partial charge on any atom is 0.0659 e. The predicted molar refractivity (Wildman–Crippen MR) is 85.1 cm³/mol. The number of hydrogen-bond acceptors (Lipinski definition) is 3. The van der Waals surface area contributed by atoms with Crippen LogP contribution in [-0.4, -0.2) is 39.9 Å². The third-order valence-electron chi connectivity index (χ3n) is 4.15. The molecule has 3 rings (SSSR count). The molecular weight excluding hydrogens is 260 g/mol. The van der Waals surface area contributed by atoms with E-state index in [4.69, 9.17) is 0 Å². The third-order valence-corrected chi connectivity index (χ3v) is 4.15. The summed E-state index contributed by atoms with van der Waals surface area (Å²) in [5.41, 5.74) is 2.59. The Hall–Kier alpha value is -1.65. The highest BCUT2D eigenvalue weighted by molar-refractivity contribution is 5.15. The van der Waals surface area contributed by atoms with E-state index in [9.17, 15) is 0 Å². The summed E-state index contributed by atoms with van der Waals surface area (Å²) in [6.07, 6.45) is 4.18. The van der Waals surface area contributed by atoms with Gasteiger partial charge in [0, 0.05) is 43.5 Å². The molecule has 1 aromatic heterocycles. The molecule has 112 valence electrons. The molecule has 1 N–H and O–H groups in total. The Labute approximate surface area is 126 Å². The molecule has 4 nitrogen and oxygen atoms in total. The number of benzene rings is 1. The Morgan fingerprint density at radius 1 is 1.14 bits per heavy atom. The molecule has 1 aliphatic rings. The van der Waals surface area contributed by atoms with Gasteiger partial charge in [-0.1, -0.05) is 30.3 Å². The molecule has 4 heteroatoms. The fourth-order valence-corrected chi connectivity index (χ4v) is 2.90. The van der Waals surface area contributed by atoms with Crippen LogP contribution in [0.5, 0.6) is 0 Å². The number of hydrogen-bond donors (Lipinski definition) is 1. The van der Waals surface area contributed by atoms with Crippen molar-refractivity contribution in [1.29, 1.82) is 0 Å². The van der Waals surface area contributed by atoms with Crippen molar-refractivity contribution in [1.82, 2.24) is 20.0 Å². The molecule has 0 bridgehead atoms. The maximum absolute atomic E-state index is 4.50. The van der Waals surface area contributed by atoms with Gasteiger partial charge < -0.3 is 5.32 Å². The Morgan fingerprint density at radius 3 is 2.76 bits per heavy atom. The molecule has 2 aromatic rings. The zero-order valence-corrected chi connectivity index (χ0v) is 12.9. The normalized spacial score (nSPS) is 23.3. The van der Waals surface area contributed by atoms with Crippen molar-refractivity contribution in [3.63, 3.8) is 0 Å². The van der Waals surface area contributed by atoms with E-state index < -0.39 is 0 Å². The van der Waals surface area contributed by atoms with Crippen LogP contribution in [0.15, 0.2) is 42.7 Å². The van der Waals surface area contributed by atoms with E-state index in [0.717, 1.165) is 26.2 Å². The van der Waals surface area contributed by atoms with Crippen LogP contribution < -0.4 is 5.32 Å². The lowest BCUT2D eigenvalue weighted by Gasteiger charge is -2.37. The Bertz CT molecular complexity index is 563. The first-order valence-electron chi connectivity index (χ1n) is 7.73. The largest absolute Gasteiger partial charge is 0.311 e. The van der Waals surface area contributed by atoms with Crippen LogP contribution in [0.2, 0.25) is 0 Å². The van der Waals surface area contributed by atoms with Crippen molar-refractivity contribution in [2.45, 2.75) is 39.0 Å². The van der Waals surface area contributed by atoms with E-state index in [-0.39, 0.29) is 0 Å². The fourth-order valence-electron chi connectivity index (χ4n) is 2.90. The molecule has 1 aliphatic heterocycles. The SMILES string of the molecule is CC1CN(Cc2cnn(Cc3ccccc3)c2)C(C)CN1. The first-order chi connectivity index (χ1) is 10.2. The summed E-state index contributed by atoms with van der Waals surface area (Å²) < 4.78 is 2.03. The zero-order valence-electron chi connectivity index (χ0n) is 12.9. The second kappa shape index (κ2) is 6.41. The average molecular weight is 284 g/mol. The van der Waals surface area contributed by atoms with Gasteiger partial charge in [-0.3, -0.25) is 9.58 Å². The van der Waals surface area contributed by atoms with E-state index in [1.165, 1.54) is 11.1 Å². The summed E-state index contributed by atoms with van der Waals surface area (Å²) in [4.78, 5) is 2.53. The zero-order chi connectivity index (χ0) is 14.7. The van der Waals surface area contributed by atoms with E-state index in [1.807, 2.05) is 16.9 Å². The topological polar surface area (TPSA) is 33.1 Å². The van der Waals surface area contributed by atoms with Crippen LogP contribution in [0.1, 0.15) is 25.0 Å². The lowest BCUT2D eigenvalue weighted by atomic mass is 10.1. The van der Waals surface area contributed by atoms with Gasteiger partial charge in [-0.05, 0) is 19.4 Å². The standard InChI is InChI=1S/C17H24N4/c1-14-10-20(15(2)8-18-14)11-17-9-19-21(13-17)12-16-6-4-3-5-7-16/h3-7,9,13-15,18H,8,10-12H2,1-2H3. The average Bonchev–Trinajstić information content (AvgIpc) is 2.91. The van der Waals surface area contributed by atoms with Crippen molar-refractivity contribution in [3.8, 4) is 0 Å². The molecule has 0 radical (unpaired) electrons. The molecule has 21 heavy (non-hydrogen) atoms. The molecule has 0 saturated carbocycles. The molecule has 2 atom stereocenters. The van der Waals surface area contributed by atoms with Gasteiger partial charge in [-0.15, -0.1) is 0 Å². The van der Waals surface area contributed by atoms with Crippen LogP contribution in [0.4, 0.5) is 0 Å². The molecule has 2 heterocycles. The number of piperazine rings is 1. The van der Waals surface area contributed by atoms with E-state index in [0.29, 0.717) is 12.1 Å². The molecule has 1 aromatic carbocycles. The van der Waals surface area contributed by atoms with E-state index in [2.05, 4.69) is 59.6 Å². The summed E-state index contributed by atoms with van der Waals surface area (Å²) in [6, 6.07) is 11.6. The number of nitrogens with zero attached hydrogens (tertiary/aromatic N) is 3. The Morgan fingerprint density at radius 2 is 1.95 bits per heavy atom. The van der Waals surface area contributed by atoms with Crippen LogP contribution in [-0.2, 0) is 13.1 Å². The Kier molecular flexibility index (Phi) is 4.36. The molecule has 1 fully saturated rings. The maximum atomic E-state index is 4.50. The minimum absolute atomic E-state index is 0.570. The fraction of sp³-hybridized carbons (Fsp3) is 0.471. The minimum atomic E-state index is 0.570. The van der Waals surface area contributed by atoms with Crippen molar-refractivity contribution < 1.29 is 0 Å². The smallest absolute Gasteiger partial charge is 0.0659 e. The van der Waals surface area contributed by atoms with Gasteiger partial charge in [0.15, 0.2) is 0 Å². The Balaban J connectivity index is 1.62. The molecular formula is C17H24N4. The van der Waals surface area contributed by atoms with Gasteiger partial charge in [-0.25, -0.2) is 0 Å². The van der Waals surface area contributed by atoms with E-state index in [1.54, 1.807) is 0 Å². The summed E-state index contributed by atoms with van der Waals surface area (Å²) in [5.74, 6) is 0. The van der Waals surface area contributed by atoms with Gasteiger partial charge in [0.2, 0.25) is 0 Å². The lowest BCUT2D eigenvalue weighted by molar-refractivity contribution is 0.139. The van der Waals surface area contributed by atoms with Crippen LogP contribution >= 0.6 is 0 Å². The van der Waals surface area contributed by atoms with Crippen molar-refractivity contribution in [3.05, 3.63) is 53.9 Å². The monoisotopic (exact) mass is 284 g/mol. The highest BCUT2D eigenvalue weighted by Crippen LogP contribution is 2.12. The molecule has 2 unspecified atom stereocenters. The van der Waals surface area contributed by atoms with Crippen LogP contribution in [0.25, 0.3) is 0 Å². The van der Waals surface area contributed by atoms with Gasteiger partial charge >= 0.3 is 0 Å². The predicted octanol–water partition coefficient (Wildman–Crippen LogP) is 2.11. The van der Waals surface area contributed by atoms with Crippen LogP contribution in [0, 0.1) is 0 Å².